The number of pyridine rings is 2. The van der Waals surface area contributed by atoms with Crippen molar-refractivity contribution >= 4 is 16.9 Å². The molecule has 1 atom stereocenters. The Morgan fingerprint density at radius 1 is 1.00 bits per heavy atom. The highest BCUT2D eigenvalue weighted by Gasteiger charge is 2.23. The normalized spacial score (nSPS) is 17.7. The van der Waals surface area contributed by atoms with Crippen LogP contribution < -0.4 is 19.1 Å². The second-order valence-corrected chi connectivity index (χ2v) is 8.34. The fourth-order valence-corrected chi connectivity index (χ4v) is 4.33. The molecule has 0 radical (unpaired) electrons. The molecule has 1 fully saturated rings. The van der Waals surface area contributed by atoms with E-state index in [9.17, 15) is 0 Å². The number of aromatic nitrogens is 4. The summed E-state index contributed by atoms with van der Waals surface area (Å²) in [4.78, 5) is 15.8. The molecular weight excluding hydrogens is 434 g/mol. The van der Waals surface area contributed by atoms with Crippen LogP contribution in [-0.4, -0.2) is 59.5 Å². The van der Waals surface area contributed by atoms with Gasteiger partial charge in [0.05, 0.1) is 45.1 Å². The van der Waals surface area contributed by atoms with Crippen LogP contribution in [0.25, 0.3) is 11.2 Å². The molecule has 6 rings (SSSR count). The van der Waals surface area contributed by atoms with E-state index in [4.69, 9.17) is 23.9 Å². The van der Waals surface area contributed by atoms with Gasteiger partial charge in [0, 0.05) is 30.9 Å². The van der Waals surface area contributed by atoms with Crippen molar-refractivity contribution in [2.24, 2.45) is 0 Å². The summed E-state index contributed by atoms with van der Waals surface area (Å²) in [6, 6.07) is 11.9. The number of hydrogen-bond donors (Lipinski definition) is 0. The van der Waals surface area contributed by atoms with E-state index in [1.165, 1.54) is 0 Å². The van der Waals surface area contributed by atoms with E-state index in [0.29, 0.717) is 19.0 Å². The lowest BCUT2D eigenvalue weighted by Gasteiger charge is -2.28. The first-order valence-electron chi connectivity index (χ1n) is 11.3. The summed E-state index contributed by atoms with van der Waals surface area (Å²) < 4.78 is 24.8. The van der Waals surface area contributed by atoms with Crippen LogP contribution in [0.2, 0.25) is 0 Å². The van der Waals surface area contributed by atoms with Crippen molar-refractivity contribution in [2.45, 2.75) is 12.6 Å². The van der Waals surface area contributed by atoms with E-state index < -0.39 is 0 Å². The minimum absolute atomic E-state index is 0.209. The summed E-state index contributed by atoms with van der Waals surface area (Å²) in [5.74, 6) is 2.03. The molecule has 1 aromatic carbocycles. The molecule has 9 heteroatoms. The Morgan fingerprint density at radius 3 is 2.74 bits per heavy atom. The van der Waals surface area contributed by atoms with Gasteiger partial charge in [-0.05, 0) is 29.8 Å². The first-order valence-corrected chi connectivity index (χ1v) is 11.3. The molecule has 2 aliphatic heterocycles. The number of methoxy groups -OCH3 is 1. The lowest BCUT2D eigenvalue weighted by atomic mass is 10.1. The zero-order valence-electron chi connectivity index (χ0n) is 18.9. The molecule has 174 valence electrons. The number of nitrogens with zero attached hydrogens (tertiary/aromatic N) is 5. The molecule has 3 aromatic heterocycles. The summed E-state index contributed by atoms with van der Waals surface area (Å²) in [6.45, 7) is 4.30. The number of benzene rings is 1. The fourth-order valence-electron chi connectivity index (χ4n) is 4.33. The predicted molar refractivity (Wildman–Crippen MR) is 126 cm³/mol. The SMILES string of the molecule is COc1ccc(C2COc3cc(Cn4cnc5cc(N6CCOCC6)cnc54)ccc3O2)cn1. The van der Waals surface area contributed by atoms with Gasteiger partial charge < -0.3 is 28.4 Å². The van der Waals surface area contributed by atoms with Gasteiger partial charge in [-0.15, -0.1) is 0 Å². The lowest BCUT2D eigenvalue weighted by molar-refractivity contribution is 0.0908. The monoisotopic (exact) mass is 459 g/mol. The molecule has 0 spiro atoms. The van der Waals surface area contributed by atoms with Gasteiger partial charge in [-0.2, -0.15) is 0 Å². The topological polar surface area (TPSA) is 83.8 Å². The third-order valence-corrected chi connectivity index (χ3v) is 6.18. The number of fused-ring (bicyclic) bond motifs is 2. The smallest absolute Gasteiger partial charge is 0.212 e. The van der Waals surface area contributed by atoms with E-state index in [1.54, 1.807) is 13.3 Å². The van der Waals surface area contributed by atoms with Crippen LogP contribution in [0.5, 0.6) is 17.4 Å². The number of ether oxygens (including phenoxy) is 4. The Morgan fingerprint density at radius 2 is 1.91 bits per heavy atom. The summed E-state index contributed by atoms with van der Waals surface area (Å²) in [5, 5.41) is 0. The molecule has 0 amide bonds. The van der Waals surface area contributed by atoms with Crippen molar-refractivity contribution in [3.63, 3.8) is 0 Å². The Hall–Kier alpha value is -3.85. The first kappa shape index (κ1) is 20.7. The Kier molecular flexibility index (Phi) is 5.38. The van der Waals surface area contributed by atoms with Gasteiger partial charge in [0.25, 0.3) is 0 Å². The predicted octanol–water partition coefficient (Wildman–Crippen LogP) is 3.23. The molecule has 34 heavy (non-hydrogen) atoms. The minimum atomic E-state index is -0.209. The van der Waals surface area contributed by atoms with Gasteiger partial charge in [0.2, 0.25) is 5.88 Å². The average Bonchev–Trinajstić information content (AvgIpc) is 3.30. The van der Waals surface area contributed by atoms with Gasteiger partial charge in [0.15, 0.2) is 23.3 Å². The second-order valence-electron chi connectivity index (χ2n) is 8.34. The van der Waals surface area contributed by atoms with Crippen LogP contribution >= 0.6 is 0 Å². The van der Waals surface area contributed by atoms with Crippen molar-refractivity contribution in [1.29, 1.82) is 0 Å². The van der Waals surface area contributed by atoms with Crippen LogP contribution in [0.1, 0.15) is 17.2 Å². The molecule has 4 aromatic rings. The minimum Gasteiger partial charge on any atom is -0.485 e. The Balaban J connectivity index is 1.18. The average molecular weight is 460 g/mol. The molecule has 0 N–H and O–H groups in total. The summed E-state index contributed by atoms with van der Waals surface area (Å²) in [5.41, 5.74) is 4.87. The summed E-state index contributed by atoms with van der Waals surface area (Å²) in [7, 11) is 1.60. The maximum atomic E-state index is 6.17. The summed E-state index contributed by atoms with van der Waals surface area (Å²) >= 11 is 0. The number of morpholine rings is 1. The molecule has 1 saturated heterocycles. The van der Waals surface area contributed by atoms with Crippen molar-refractivity contribution in [2.75, 3.05) is 44.9 Å². The van der Waals surface area contributed by atoms with Crippen LogP contribution in [0.3, 0.4) is 0 Å². The second kappa shape index (κ2) is 8.83. The van der Waals surface area contributed by atoms with Crippen LogP contribution in [-0.2, 0) is 11.3 Å². The summed E-state index contributed by atoms with van der Waals surface area (Å²) in [6.07, 6.45) is 5.31. The van der Waals surface area contributed by atoms with Gasteiger partial charge in [-0.1, -0.05) is 6.07 Å². The first-order chi connectivity index (χ1) is 16.8. The maximum absolute atomic E-state index is 6.17. The molecule has 5 heterocycles. The highest BCUT2D eigenvalue weighted by Crippen LogP contribution is 2.37. The largest absolute Gasteiger partial charge is 0.485 e. The Labute approximate surface area is 196 Å². The number of imidazole rings is 1. The molecule has 9 nitrogen and oxygen atoms in total. The zero-order chi connectivity index (χ0) is 22.9. The molecule has 1 unspecified atom stereocenters. The van der Waals surface area contributed by atoms with Gasteiger partial charge in [-0.3, -0.25) is 0 Å². The van der Waals surface area contributed by atoms with Gasteiger partial charge in [-0.25, -0.2) is 15.0 Å². The van der Waals surface area contributed by atoms with Crippen molar-refractivity contribution in [3.8, 4) is 17.4 Å². The lowest BCUT2D eigenvalue weighted by Crippen LogP contribution is -2.36. The highest BCUT2D eigenvalue weighted by atomic mass is 16.6. The van der Waals surface area contributed by atoms with E-state index in [2.05, 4.69) is 25.5 Å². The quantitative estimate of drug-likeness (QED) is 0.450. The van der Waals surface area contributed by atoms with Gasteiger partial charge >= 0.3 is 0 Å². The molecule has 2 aliphatic rings. The van der Waals surface area contributed by atoms with Gasteiger partial charge in [0.1, 0.15) is 12.1 Å². The van der Waals surface area contributed by atoms with E-state index in [0.717, 1.165) is 65.8 Å². The number of rotatable bonds is 5. The molecular formula is C25H25N5O4. The van der Waals surface area contributed by atoms with Crippen LogP contribution in [0, 0.1) is 0 Å². The zero-order valence-corrected chi connectivity index (χ0v) is 18.9. The highest BCUT2D eigenvalue weighted by molar-refractivity contribution is 5.75. The fraction of sp³-hybridized carbons (Fsp3) is 0.320. The Bertz CT molecular complexity index is 1300. The number of hydrogen-bond acceptors (Lipinski definition) is 8. The molecule has 0 bridgehead atoms. The third kappa shape index (κ3) is 3.99. The molecule has 0 aliphatic carbocycles. The van der Waals surface area contributed by atoms with E-state index >= 15 is 0 Å². The third-order valence-electron chi connectivity index (χ3n) is 6.18. The van der Waals surface area contributed by atoms with Crippen molar-refractivity contribution in [1.82, 2.24) is 19.5 Å². The van der Waals surface area contributed by atoms with E-state index in [1.807, 2.05) is 42.9 Å². The van der Waals surface area contributed by atoms with Crippen LogP contribution in [0.4, 0.5) is 5.69 Å². The maximum Gasteiger partial charge on any atom is 0.212 e. The van der Waals surface area contributed by atoms with Crippen molar-refractivity contribution < 1.29 is 18.9 Å². The standard InChI is InChI=1S/C25H25N5O4/c1-31-24-5-3-18(12-26-24)23-15-33-22-10-17(2-4-21(22)34-23)14-30-16-28-20-11-19(13-27-25(20)30)29-6-8-32-9-7-29/h2-5,10-13,16,23H,6-9,14-15H2,1H3. The van der Waals surface area contributed by atoms with Crippen LogP contribution in [0.15, 0.2) is 55.1 Å². The van der Waals surface area contributed by atoms with Crippen molar-refractivity contribution in [3.05, 3.63) is 66.2 Å². The van der Waals surface area contributed by atoms with E-state index in [-0.39, 0.29) is 6.10 Å². The molecule has 0 saturated carbocycles. The number of anilines is 1.